The second-order valence-corrected chi connectivity index (χ2v) is 7.32. The number of rotatable bonds is 1. The fraction of sp³-hybridized carbons (Fsp3) is 0.750. The Balaban J connectivity index is 1.58. The Labute approximate surface area is 130 Å². The molecule has 3 atom stereocenters. The molecule has 1 spiro atoms. The molecule has 22 heavy (non-hydrogen) atoms. The van der Waals surface area contributed by atoms with Crippen LogP contribution in [0.2, 0.25) is 0 Å². The SMILES string of the molecule is CC1=C(N2CC[C@@]3(C[C@H]4CN(C)C[C@@H](C3)N4)C2=O)COC1=O. The molecule has 0 aliphatic carbocycles. The lowest BCUT2D eigenvalue weighted by atomic mass is 9.70. The van der Waals surface area contributed by atoms with Gasteiger partial charge in [-0.3, -0.25) is 4.79 Å². The van der Waals surface area contributed by atoms with Crippen molar-refractivity contribution in [1.29, 1.82) is 0 Å². The Hall–Kier alpha value is -1.40. The Kier molecular flexibility index (Phi) is 3.10. The minimum atomic E-state index is -0.285. The van der Waals surface area contributed by atoms with E-state index in [1.54, 1.807) is 6.92 Å². The Bertz CT molecular complexity index is 553. The third kappa shape index (κ3) is 2.01. The Morgan fingerprint density at radius 2 is 1.91 bits per heavy atom. The summed E-state index contributed by atoms with van der Waals surface area (Å²) in [5, 5.41) is 3.65. The average Bonchev–Trinajstić information content (AvgIpc) is 2.92. The molecule has 0 saturated carbocycles. The predicted molar refractivity (Wildman–Crippen MR) is 79.9 cm³/mol. The van der Waals surface area contributed by atoms with Gasteiger partial charge in [0.2, 0.25) is 5.91 Å². The van der Waals surface area contributed by atoms with Gasteiger partial charge in [0, 0.05) is 31.7 Å². The molecule has 2 bridgehead atoms. The number of amides is 1. The normalized spacial score (nSPS) is 39.1. The van der Waals surface area contributed by atoms with E-state index >= 15 is 0 Å². The number of piperazine rings is 1. The van der Waals surface area contributed by atoms with Gasteiger partial charge in [-0.15, -0.1) is 0 Å². The quantitative estimate of drug-likeness (QED) is 0.696. The number of fused-ring (bicyclic) bond motifs is 2. The smallest absolute Gasteiger partial charge is 0.336 e. The first-order valence-corrected chi connectivity index (χ1v) is 8.12. The highest BCUT2D eigenvalue weighted by molar-refractivity contribution is 5.94. The molecule has 0 aromatic heterocycles. The van der Waals surface area contributed by atoms with E-state index in [0.29, 0.717) is 17.7 Å². The topological polar surface area (TPSA) is 61.9 Å². The van der Waals surface area contributed by atoms with E-state index in [0.717, 1.165) is 44.6 Å². The Morgan fingerprint density at radius 1 is 1.23 bits per heavy atom. The molecule has 1 N–H and O–H groups in total. The highest BCUT2D eigenvalue weighted by Gasteiger charge is 2.53. The maximum Gasteiger partial charge on any atom is 0.336 e. The molecule has 3 saturated heterocycles. The number of carbonyl (C=O) groups is 2. The van der Waals surface area contributed by atoms with Gasteiger partial charge in [-0.2, -0.15) is 0 Å². The molecular formula is C16H23N3O3. The summed E-state index contributed by atoms with van der Waals surface area (Å²) < 4.78 is 5.08. The molecule has 4 aliphatic heterocycles. The molecule has 6 heteroatoms. The van der Waals surface area contributed by atoms with E-state index in [2.05, 4.69) is 17.3 Å². The molecule has 0 radical (unpaired) electrons. The van der Waals surface area contributed by atoms with Crippen LogP contribution in [0.4, 0.5) is 0 Å². The maximum absolute atomic E-state index is 13.1. The molecule has 0 aromatic rings. The van der Waals surface area contributed by atoms with Crippen LogP contribution in [0.5, 0.6) is 0 Å². The highest BCUT2D eigenvalue weighted by atomic mass is 16.5. The van der Waals surface area contributed by atoms with E-state index in [4.69, 9.17) is 4.74 Å². The summed E-state index contributed by atoms with van der Waals surface area (Å²) in [5.74, 6) is -0.0752. The lowest BCUT2D eigenvalue weighted by Gasteiger charge is -2.48. The van der Waals surface area contributed by atoms with Crippen LogP contribution in [-0.2, 0) is 14.3 Å². The largest absolute Gasteiger partial charge is 0.456 e. The van der Waals surface area contributed by atoms with Gasteiger partial charge in [0.15, 0.2) is 0 Å². The van der Waals surface area contributed by atoms with Crippen molar-refractivity contribution in [3.63, 3.8) is 0 Å². The third-order valence-electron chi connectivity index (χ3n) is 5.73. The minimum Gasteiger partial charge on any atom is -0.456 e. The number of ether oxygens (including phenoxy) is 1. The van der Waals surface area contributed by atoms with Crippen molar-refractivity contribution >= 4 is 11.9 Å². The van der Waals surface area contributed by atoms with Crippen LogP contribution < -0.4 is 5.32 Å². The van der Waals surface area contributed by atoms with Crippen LogP contribution in [0, 0.1) is 5.41 Å². The molecule has 1 amide bonds. The number of nitrogens with one attached hydrogen (secondary N) is 1. The summed E-state index contributed by atoms with van der Waals surface area (Å²) in [5.41, 5.74) is 1.15. The average molecular weight is 305 g/mol. The van der Waals surface area contributed by atoms with Gasteiger partial charge >= 0.3 is 5.97 Å². The number of piperidine rings is 1. The number of carbonyl (C=O) groups excluding carboxylic acids is 2. The van der Waals surface area contributed by atoms with Crippen LogP contribution in [0.1, 0.15) is 26.2 Å². The number of cyclic esters (lactones) is 1. The van der Waals surface area contributed by atoms with E-state index in [-0.39, 0.29) is 23.9 Å². The van der Waals surface area contributed by atoms with Gasteiger partial charge in [0.25, 0.3) is 0 Å². The molecule has 4 rings (SSSR count). The molecule has 4 aliphatic rings. The van der Waals surface area contributed by atoms with Crippen LogP contribution in [-0.4, -0.2) is 67.0 Å². The zero-order valence-corrected chi connectivity index (χ0v) is 13.2. The fourth-order valence-electron chi connectivity index (χ4n) is 4.74. The van der Waals surface area contributed by atoms with E-state index in [1.165, 1.54) is 0 Å². The molecule has 4 heterocycles. The predicted octanol–water partition coefficient (Wildman–Crippen LogP) is 0.102. The molecule has 120 valence electrons. The van der Waals surface area contributed by atoms with E-state index < -0.39 is 0 Å². The van der Waals surface area contributed by atoms with Crippen molar-refractivity contribution in [2.45, 2.75) is 38.3 Å². The summed E-state index contributed by atoms with van der Waals surface area (Å²) in [7, 11) is 2.15. The maximum atomic E-state index is 13.1. The van der Waals surface area contributed by atoms with Crippen LogP contribution in [0.3, 0.4) is 0 Å². The highest BCUT2D eigenvalue weighted by Crippen LogP contribution is 2.46. The van der Waals surface area contributed by atoms with Crippen molar-refractivity contribution in [3.8, 4) is 0 Å². The summed E-state index contributed by atoms with van der Waals surface area (Å²) >= 11 is 0. The van der Waals surface area contributed by atoms with Gasteiger partial charge in [0.05, 0.1) is 16.7 Å². The second-order valence-electron chi connectivity index (χ2n) is 7.32. The van der Waals surface area contributed by atoms with Gasteiger partial charge in [-0.25, -0.2) is 4.79 Å². The number of esters is 1. The molecule has 6 nitrogen and oxygen atoms in total. The Morgan fingerprint density at radius 3 is 2.50 bits per heavy atom. The minimum absolute atomic E-state index is 0.209. The van der Waals surface area contributed by atoms with Crippen molar-refractivity contribution in [2.75, 3.05) is 33.3 Å². The zero-order valence-electron chi connectivity index (χ0n) is 13.2. The van der Waals surface area contributed by atoms with Crippen molar-refractivity contribution in [1.82, 2.24) is 15.1 Å². The van der Waals surface area contributed by atoms with Gasteiger partial charge in [-0.05, 0) is 33.2 Å². The molecule has 0 aromatic carbocycles. The first kappa shape index (κ1) is 14.2. The van der Waals surface area contributed by atoms with Crippen LogP contribution in [0.25, 0.3) is 0 Å². The summed E-state index contributed by atoms with van der Waals surface area (Å²) in [4.78, 5) is 28.9. The molecular weight excluding hydrogens is 282 g/mol. The number of likely N-dealkylation sites (tertiary alicyclic amines) is 2. The van der Waals surface area contributed by atoms with Crippen LogP contribution >= 0.6 is 0 Å². The molecule has 3 fully saturated rings. The van der Waals surface area contributed by atoms with Gasteiger partial charge in [-0.1, -0.05) is 0 Å². The second kappa shape index (κ2) is 4.80. The first-order valence-electron chi connectivity index (χ1n) is 8.12. The molecule has 0 unspecified atom stereocenters. The zero-order chi connectivity index (χ0) is 15.5. The van der Waals surface area contributed by atoms with Crippen molar-refractivity contribution in [2.24, 2.45) is 5.41 Å². The number of likely N-dealkylation sites (N-methyl/N-ethyl adjacent to an activating group) is 1. The summed E-state index contributed by atoms with van der Waals surface area (Å²) in [6.07, 6.45) is 2.71. The van der Waals surface area contributed by atoms with E-state index in [1.807, 2.05) is 4.90 Å². The van der Waals surface area contributed by atoms with Crippen molar-refractivity contribution < 1.29 is 14.3 Å². The summed E-state index contributed by atoms with van der Waals surface area (Å²) in [6, 6.07) is 0.802. The van der Waals surface area contributed by atoms with Crippen molar-refractivity contribution in [3.05, 3.63) is 11.3 Å². The first-order chi connectivity index (χ1) is 10.5. The lowest BCUT2D eigenvalue weighted by Crippen LogP contribution is -2.62. The number of hydrogen-bond acceptors (Lipinski definition) is 5. The fourth-order valence-corrected chi connectivity index (χ4v) is 4.74. The van der Waals surface area contributed by atoms with Gasteiger partial charge < -0.3 is 19.9 Å². The van der Waals surface area contributed by atoms with Gasteiger partial charge in [0.1, 0.15) is 6.61 Å². The van der Waals surface area contributed by atoms with E-state index in [9.17, 15) is 9.59 Å². The summed E-state index contributed by atoms with van der Waals surface area (Å²) in [6.45, 7) is 4.75. The third-order valence-corrected chi connectivity index (χ3v) is 5.73. The number of hydrogen-bond donors (Lipinski definition) is 1. The monoisotopic (exact) mass is 305 g/mol. The number of nitrogens with zero attached hydrogens (tertiary/aromatic N) is 2. The lowest BCUT2D eigenvalue weighted by molar-refractivity contribution is -0.139. The standard InChI is InChI=1S/C16H23N3O3/c1-10-13(9-22-14(10)20)19-4-3-16(15(19)21)5-11-7-18(2)8-12(6-16)17-11/h11-12,17H,3-9H2,1-2H3/t11-,12+,16-. The van der Waals surface area contributed by atoms with Crippen LogP contribution in [0.15, 0.2) is 11.3 Å².